The van der Waals surface area contributed by atoms with Crippen molar-refractivity contribution in [3.05, 3.63) is 53.1 Å². The monoisotopic (exact) mass is 342 g/mol. The molecule has 0 aliphatic carbocycles. The summed E-state index contributed by atoms with van der Waals surface area (Å²) in [5, 5.41) is 0. The third-order valence-electron chi connectivity index (χ3n) is 4.17. The molecule has 1 heterocycles. The highest BCUT2D eigenvalue weighted by atomic mass is 19.4. The second-order valence-corrected chi connectivity index (χ2v) is 6.19. The van der Waals surface area contributed by atoms with Crippen LogP contribution in [0.15, 0.2) is 30.3 Å². The Labute approximate surface area is 136 Å². The Bertz CT molecular complexity index is 758. The second kappa shape index (κ2) is 5.76. The van der Waals surface area contributed by atoms with Gasteiger partial charge in [-0.3, -0.25) is 0 Å². The molecule has 0 N–H and O–H groups in total. The van der Waals surface area contributed by atoms with Gasteiger partial charge < -0.3 is 4.74 Å². The number of hydrogen-bond acceptors (Lipinski definition) is 1. The topological polar surface area (TPSA) is 9.23 Å². The maximum absolute atomic E-state index is 14.1. The van der Waals surface area contributed by atoms with Gasteiger partial charge in [0.25, 0.3) is 0 Å². The van der Waals surface area contributed by atoms with Crippen LogP contribution in [0.5, 0.6) is 5.75 Å². The summed E-state index contributed by atoms with van der Waals surface area (Å²) in [6.07, 6.45) is -6.20. The summed E-state index contributed by atoms with van der Waals surface area (Å²) in [6, 6.07) is 6.65. The van der Waals surface area contributed by atoms with E-state index < -0.39 is 29.8 Å². The van der Waals surface area contributed by atoms with E-state index in [4.69, 9.17) is 4.74 Å². The van der Waals surface area contributed by atoms with E-state index in [-0.39, 0.29) is 23.3 Å². The van der Waals surface area contributed by atoms with Crippen LogP contribution < -0.4 is 4.74 Å². The molecule has 1 nitrogen and oxygen atoms in total. The largest absolute Gasteiger partial charge is 0.480 e. The molecule has 3 rings (SSSR count). The van der Waals surface area contributed by atoms with Crippen LogP contribution in [0.25, 0.3) is 11.1 Å². The molecule has 0 fully saturated rings. The predicted molar refractivity (Wildman–Crippen MR) is 79.9 cm³/mol. The van der Waals surface area contributed by atoms with Crippen LogP contribution in [0.4, 0.5) is 22.0 Å². The first-order chi connectivity index (χ1) is 11.2. The van der Waals surface area contributed by atoms with Gasteiger partial charge in [0.05, 0.1) is 5.56 Å². The summed E-state index contributed by atoms with van der Waals surface area (Å²) < 4.78 is 72.1. The van der Waals surface area contributed by atoms with E-state index >= 15 is 0 Å². The molecule has 2 aromatic carbocycles. The Balaban J connectivity index is 2.01. The van der Waals surface area contributed by atoms with E-state index in [9.17, 15) is 22.0 Å². The number of fused-ring (bicyclic) bond motifs is 1. The van der Waals surface area contributed by atoms with Gasteiger partial charge in [0.15, 0.2) is 6.10 Å². The zero-order chi connectivity index (χ0) is 17.6. The van der Waals surface area contributed by atoms with Crippen molar-refractivity contribution >= 4 is 0 Å². The molecule has 24 heavy (non-hydrogen) atoms. The lowest BCUT2D eigenvalue weighted by molar-refractivity contribution is -0.211. The van der Waals surface area contributed by atoms with E-state index in [0.717, 1.165) is 0 Å². The van der Waals surface area contributed by atoms with E-state index in [1.54, 1.807) is 6.92 Å². The summed E-state index contributed by atoms with van der Waals surface area (Å²) >= 11 is 0. The minimum Gasteiger partial charge on any atom is -0.480 e. The van der Waals surface area contributed by atoms with Gasteiger partial charge >= 0.3 is 6.18 Å². The average molecular weight is 342 g/mol. The lowest BCUT2D eigenvalue weighted by Crippen LogP contribution is -2.43. The number of alkyl halides is 3. The SMILES string of the molecule is Cc1cc(F)c(-c2ccc3c(c2)CC(C)C(C(F)(F)F)O3)c(F)c1. The van der Waals surface area contributed by atoms with Gasteiger partial charge in [-0.05, 0) is 54.3 Å². The maximum atomic E-state index is 14.1. The van der Waals surface area contributed by atoms with Crippen LogP contribution in [0.2, 0.25) is 0 Å². The quantitative estimate of drug-likeness (QED) is 0.627. The predicted octanol–water partition coefficient (Wildman–Crippen LogP) is 5.44. The van der Waals surface area contributed by atoms with Crippen molar-refractivity contribution in [3.63, 3.8) is 0 Å². The minimum absolute atomic E-state index is 0.104. The van der Waals surface area contributed by atoms with Crippen LogP contribution in [-0.2, 0) is 6.42 Å². The van der Waals surface area contributed by atoms with E-state index in [2.05, 4.69) is 0 Å². The van der Waals surface area contributed by atoms with Gasteiger partial charge in [-0.1, -0.05) is 13.0 Å². The number of ether oxygens (including phenoxy) is 1. The molecule has 6 heteroatoms. The number of halogens is 5. The molecular weight excluding hydrogens is 327 g/mol. The van der Waals surface area contributed by atoms with Crippen molar-refractivity contribution < 1.29 is 26.7 Å². The Morgan fingerprint density at radius 2 is 1.67 bits per heavy atom. The summed E-state index contributed by atoms with van der Waals surface area (Å²) in [4.78, 5) is 0. The van der Waals surface area contributed by atoms with Crippen LogP contribution in [0, 0.1) is 24.5 Å². The van der Waals surface area contributed by atoms with Crippen molar-refractivity contribution in [1.82, 2.24) is 0 Å². The highest BCUT2D eigenvalue weighted by Crippen LogP contribution is 2.40. The molecular formula is C18H15F5O. The standard InChI is InChI=1S/C18H15F5O/c1-9-5-13(19)16(14(20)6-9)11-3-4-15-12(8-11)7-10(2)17(24-15)18(21,22)23/h3-6,8,10,17H,7H2,1-2H3. The number of benzene rings is 2. The molecule has 0 aromatic heterocycles. The molecule has 0 bridgehead atoms. The average Bonchev–Trinajstić information content (AvgIpc) is 2.44. The van der Waals surface area contributed by atoms with Crippen molar-refractivity contribution in [2.24, 2.45) is 5.92 Å². The smallest absolute Gasteiger partial charge is 0.425 e. The highest BCUT2D eigenvalue weighted by Gasteiger charge is 2.47. The molecule has 0 amide bonds. The van der Waals surface area contributed by atoms with Crippen LogP contribution in [-0.4, -0.2) is 12.3 Å². The maximum Gasteiger partial charge on any atom is 0.425 e. The summed E-state index contributed by atoms with van der Waals surface area (Å²) in [7, 11) is 0. The van der Waals surface area contributed by atoms with Crippen molar-refractivity contribution in [2.45, 2.75) is 32.5 Å². The number of rotatable bonds is 1. The van der Waals surface area contributed by atoms with Gasteiger partial charge in [0.2, 0.25) is 0 Å². The molecule has 0 saturated carbocycles. The lowest BCUT2D eigenvalue weighted by atomic mass is 9.89. The number of hydrogen-bond donors (Lipinski definition) is 0. The Hall–Kier alpha value is -2.11. The van der Waals surface area contributed by atoms with Gasteiger partial charge in [-0.25, -0.2) is 8.78 Å². The highest BCUT2D eigenvalue weighted by molar-refractivity contribution is 5.67. The fraction of sp³-hybridized carbons (Fsp3) is 0.333. The second-order valence-electron chi connectivity index (χ2n) is 6.19. The Kier molecular flexibility index (Phi) is 4.01. The third-order valence-corrected chi connectivity index (χ3v) is 4.17. The molecule has 0 radical (unpaired) electrons. The fourth-order valence-corrected chi connectivity index (χ4v) is 3.08. The third kappa shape index (κ3) is 2.97. The zero-order valence-electron chi connectivity index (χ0n) is 13.0. The Morgan fingerprint density at radius 1 is 1.04 bits per heavy atom. The molecule has 1 aliphatic rings. The summed E-state index contributed by atoms with van der Waals surface area (Å²) in [5.74, 6) is -2.08. The van der Waals surface area contributed by atoms with Crippen molar-refractivity contribution in [3.8, 4) is 16.9 Å². The van der Waals surface area contributed by atoms with Gasteiger partial charge in [0, 0.05) is 5.92 Å². The number of aryl methyl sites for hydroxylation is 1. The Morgan fingerprint density at radius 3 is 2.25 bits per heavy atom. The fourth-order valence-electron chi connectivity index (χ4n) is 3.08. The van der Waals surface area contributed by atoms with E-state index in [1.807, 2.05) is 0 Å². The first kappa shape index (κ1) is 16.7. The van der Waals surface area contributed by atoms with Crippen LogP contribution in [0.1, 0.15) is 18.1 Å². The first-order valence-electron chi connectivity index (χ1n) is 7.49. The van der Waals surface area contributed by atoms with E-state index in [0.29, 0.717) is 11.1 Å². The normalized spacial score (nSPS) is 20.5. The van der Waals surface area contributed by atoms with Gasteiger partial charge in [-0.2, -0.15) is 13.2 Å². The van der Waals surface area contributed by atoms with E-state index in [1.165, 1.54) is 37.3 Å². The first-order valence-corrected chi connectivity index (χ1v) is 7.49. The summed E-state index contributed by atoms with van der Waals surface area (Å²) in [6.45, 7) is 3.02. The molecule has 1 aliphatic heterocycles. The van der Waals surface area contributed by atoms with Crippen molar-refractivity contribution in [2.75, 3.05) is 0 Å². The molecule has 0 spiro atoms. The van der Waals surface area contributed by atoms with Gasteiger partial charge in [0.1, 0.15) is 17.4 Å². The van der Waals surface area contributed by atoms with Crippen LogP contribution >= 0.6 is 0 Å². The minimum atomic E-state index is -4.45. The lowest BCUT2D eigenvalue weighted by Gasteiger charge is -2.33. The molecule has 2 unspecified atom stereocenters. The molecule has 2 atom stereocenters. The molecule has 128 valence electrons. The molecule has 2 aromatic rings. The molecule has 0 saturated heterocycles. The zero-order valence-corrected chi connectivity index (χ0v) is 13.0. The van der Waals surface area contributed by atoms with Gasteiger partial charge in [-0.15, -0.1) is 0 Å². The van der Waals surface area contributed by atoms with Crippen LogP contribution in [0.3, 0.4) is 0 Å². The summed E-state index contributed by atoms with van der Waals surface area (Å²) in [5.41, 5.74) is 1.07. The van der Waals surface area contributed by atoms with Crippen molar-refractivity contribution in [1.29, 1.82) is 0 Å².